The van der Waals surface area contributed by atoms with Gasteiger partial charge in [-0.2, -0.15) is 0 Å². The highest BCUT2D eigenvalue weighted by atomic mass is 32.3. The van der Waals surface area contributed by atoms with Gasteiger partial charge in [-0.1, -0.05) is 32.1 Å². The number of hydrogen-bond acceptors (Lipinski definition) is 9. The van der Waals surface area contributed by atoms with Crippen molar-refractivity contribution >= 4 is 42.8 Å². The van der Waals surface area contributed by atoms with E-state index in [1.165, 1.54) is 44.9 Å². The highest BCUT2D eigenvalue weighted by Crippen LogP contribution is 2.52. The minimum Gasteiger partial charge on any atom is -0.476 e. The van der Waals surface area contributed by atoms with Crippen molar-refractivity contribution in [3.8, 4) is 5.88 Å². The van der Waals surface area contributed by atoms with Gasteiger partial charge in [0.1, 0.15) is 23.8 Å². The lowest BCUT2D eigenvalue weighted by Crippen LogP contribution is -2.53. The molecule has 4 rings (SSSR count). The lowest BCUT2D eigenvalue weighted by atomic mass is 9.86. The van der Waals surface area contributed by atoms with Crippen LogP contribution in [0.2, 0.25) is 25.7 Å². The van der Waals surface area contributed by atoms with Crippen LogP contribution in [0.5, 0.6) is 5.88 Å². The zero-order valence-electron chi connectivity index (χ0n) is 25.7. The lowest BCUT2D eigenvalue weighted by Gasteiger charge is -2.51. The van der Waals surface area contributed by atoms with E-state index in [1.54, 1.807) is 0 Å². The van der Waals surface area contributed by atoms with Gasteiger partial charge in [0.25, 0.3) is 0 Å². The molecule has 44 heavy (non-hydrogen) atoms. The lowest BCUT2D eigenvalue weighted by molar-refractivity contribution is 0.0650. The van der Waals surface area contributed by atoms with Gasteiger partial charge in [-0.3, -0.25) is 9.11 Å². The van der Waals surface area contributed by atoms with Crippen molar-refractivity contribution in [2.24, 2.45) is 10.9 Å². The largest absolute Gasteiger partial charge is 0.476 e. The fourth-order valence-electron chi connectivity index (χ4n) is 4.67. The van der Waals surface area contributed by atoms with Crippen molar-refractivity contribution in [1.29, 1.82) is 0 Å². The maximum absolute atomic E-state index is 15.3. The first-order chi connectivity index (χ1) is 20.6. The van der Waals surface area contributed by atoms with E-state index < -0.39 is 54.6 Å². The first-order valence-electron chi connectivity index (χ1n) is 14.4. The molecule has 2 aliphatic rings. The number of benzene rings is 1. The molecule has 2 heterocycles. The van der Waals surface area contributed by atoms with E-state index >= 15 is 8.78 Å². The number of hydrogen-bond donors (Lipinski definition) is 3. The van der Waals surface area contributed by atoms with Gasteiger partial charge in [-0.05, 0) is 55.5 Å². The molecular formula is C29H41F2N5O6SSi. The molecule has 242 valence electrons. The average Bonchev–Trinajstić information content (AvgIpc) is 2.90. The molecule has 1 atom stereocenters. The summed E-state index contributed by atoms with van der Waals surface area (Å²) in [6, 6.07) is 4.62. The number of ether oxygens (including phenoxy) is 2. The van der Waals surface area contributed by atoms with Crippen LogP contribution >= 0.6 is 10.8 Å². The Morgan fingerprint density at radius 1 is 1.25 bits per heavy atom. The van der Waals surface area contributed by atoms with Crippen LogP contribution in [-0.4, -0.2) is 86.3 Å². The summed E-state index contributed by atoms with van der Waals surface area (Å²) < 4.78 is 64.7. The number of carbonyl (C=O) groups is 1. The third kappa shape index (κ3) is 8.32. The molecule has 1 amide bonds. The van der Waals surface area contributed by atoms with E-state index in [4.69, 9.17) is 9.47 Å². The van der Waals surface area contributed by atoms with Crippen LogP contribution in [0.4, 0.5) is 13.6 Å². The van der Waals surface area contributed by atoms with Crippen molar-refractivity contribution in [2.75, 3.05) is 32.7 Å². The van der Waals surface area contributed by atoms with E-state index in [2.05, 4.69) is 34.6 Å². The van der Waals surface area contributed by atoms with Crippen LogP contribution in [0, 0.1) is 11.7 Å². The van der Waals surface area contributed by atoms with Gasteiger partial charge in [-0.25, -0.2) is 37.7 Å². The van der Waals surface area contributed by atoms with Gasteiger partial charge in [0.15, 0.2) is 5.83 Å². The Kier molecular flexibility index (Phi) is 10.3. The summed E-state index contributed by atoms with van der Waals surface area (Å²) >= 11 is 0. The molecule has 0 spiro atoms. The summed E-state index contributed by atoms with van der Waals surface area (Å²) in [5, 5.41) is 9.96. The van der Waals surface area contributed by atoms with Gasteiger partial charge < -0.3 is 14.6 Å². The van der Waals surface area contributed by atoms with Crippen molar-refractivity contribution in [3.05, 3.63) is 53.2 Å². The Morgan fingerprint density at radius 3 is 2.57 bits per heavy atom. The first-order valence-corrected chi connectivity index (χ1v) is 19.8. The number of nitrogens with zero attached hydrogens (tertiary/aromatic N) is 5. The summed E-state index contributed by atoms with van der Waals surface area (Å²) in [5.41, 5.74) is -1.47. The summed E-state index contributed by atoms with van der Waals surface area (Å²) in [5.74, 6) is -1.37. The SMILES string of the molecule is CN1C(N(COCC[Si](C)(C)C)C(=O)O)=NC(C)(c2cc(/C=C(\F)c3cnc(OCC4CCC4)cn3)ccc2F)CS1(O)O. The van der Waals surface area contributed by atoms with Crippen LogP contribution < -0.4 is 4.74 Å². The van der Waals surface area contributed by atoms with Crippen LogP contribution in [0.25, 0.3) is 11.9 Å². The third-order valence-corrected chi connectivity index (χ3v) is 11.4. The number of aliphatic imine (C=N–C) groups is 1. The monoisotopic (exact) mass is 653 g/mol. The van der Waals surface area contributed by atoms with Crippen LogP contribution in [0.1, 0.15) is 43.0 Å². The fraction of sp³-hybridized carbons (Fsp3) is 0.517. The van der Waals surface area contributed by atoms with Crippen LogP contribution in [0.3, 0.4) is 0 Å². The predicted molar refractivity (Wildman–Crippen MR) is 169 cm³/mol. The topological polar surface area (TPSA) is 141 Å². The highest BCUT2D eigenvalue weighted by Gasteiger charge is 2.45. The number of rotatable bonds is 11. The maximum atomic E-state index is 15.3. The molecule has 1 fully saturated rings. The molecule has 1 unspecified atom stereocenters. The van der Waals surface area contributed by atoms with Crippen LogP contribution in [-0.2, 0) is 10.3 Å². The molecule has 0 bridgehead atoms. The van der Waals surface area contributed by atoms with Gasteiger partial charge in [0.2, 0.25) is 11.8 Å². The smallest absolute Gasteiger partial charge is 0.416 e. The number of halogens is 2. The van der Waals surface area contributed by atoms with Crippen molar-refractivity contribution in [3.63, 3.8) is 0 Å². The Labute approximate surface area is 259 Å². The zero-order chi connectivity index (χ0) is 32.3. The number of carboxylic acid groups (broad SMARTS) is 1. The first kappa shape index (κ1) is 33.8. The molecule has 0 saturated heterocycles. The number of guanidine groups is 1. The van der Waals surface area contributed by atoms with E-state index in [9.17, 15) is 19.0 Å². The van der Waals surface area contributed by atoms with Gasteiger partial charge >= 0.3 is 6.09 Å². The Balaban J connectivity index is 1.59. The summed E-state index contributed by atoms with van der Waals surface area (Å²) in [6.45, 7) is 8.40. The molecule has 1 aromatic carbocycles. The summed E-state index contributed by atoms with van der Waals surface area (Å²) in [7, 11) is -3.79. The van der Waals surface area contributed by atoms with Gasteiger partial charge in [0.05, 0.1) is 24.8 Å². The molecule has 1 aliphatic carbocycles. The van der Waals surface area contributed by atoms with Crippen molar-refractivity contribution in [1.82, 2.24) is 19.2 Å². The standard InChI is InChI=1S/C29H41F2N5O6SSi/c1-29(18-43(39,40)35(2)27(34-29)36(28(37)38)19-41-11-12-44(3,4)5)22-13-21(9-10-23(22)30)14-24(31)25-15-33-26(16-32-25)42-17-20-7-6-8-20/h9-10,13-16,20,39-40H,6-8,11-12,17-19H2,1-5H3,(H,37,38)/b24-14-. The average molecular weight is 654 g/mol. The second-order valence-electron chi connectivity index (χ2n) is 12.6. The zero-order valence-corrected chi connectivity index (χ0v) is 27.5. The Hall–Kier alpha value is -3.11. The van der Waals surface area contributed by atoms with Crippen molar-refractivity contribution < 1.29 is 37.3 Å². The summed E-state index contributed by atoms with van der Waals surface area (Å²) in [6.07, 6.45) is 5.76. The molecule has 1 saturated carbocycles. The molecule has 1 aliphatic heterocycles. The Morgan fingerprint density at radius 2 is 1.98 bits per heavy atom. The van der Waals surface area contributed by atoms with E-state index in [0.717, 1.165) is 40.2 Å². The second-order valence-corrected chi connectivity index (χ2v) is 20.3. The third-order valence-electron chi connectivity index (χ3n) is 7.66. The normalized spacial score (nSPS) is 21.3. The van der Waals surface area contributed by atoms with Crippen LogP contribution in [0.15, 0.2) is 35.6 Å². The molecule has 3 N–H and O–H groups in total. The molecule has 15 heteroatoms. The fourth-order valence-corrected chi connectivity index (χ4v) is 7.00. The number of aromatic nitrogens is 2. The van der Waals surface area contributed by atoms with Gasteiger partial charge in [0, 0.05) is 27.3 Å². The minimum absolute atomic E-state index is 0.0434. The van der Waals surface area contributed by atoms with Crippen molar-refractivity contribution in [2.45, 2.75) is 57.4 Å². The highest BCUT2D eigenvalue weighted by molar-refractivity contribution is 8.22. The molecule has 1 aromatic heterocycles. The van der Waals surface area contributed by atoms with E-state index in [-0.39, 0.29) is 22.8 Å². The second kappa shape index (κ2) is 13.5. The van der Waals surface area contributed by atoms with Gasteiger partial charge in [-0.15, -0.1) is 10.8 Å². The quantitative estimate of drug-likeness (QED) is 0.137. The Bertz CT molecular complexity index is 1400. The predicted octanol–water partition coefficient (Wildman–Crippen LogP) is 6.74. The number of amides is 1. The molecule has 2 aromatic rings. The maximum Gasteiger partial charge on any atom is 0.416 e. The van der Waals surface area contributed by atoms with E-state index in [0.29, 0.717) is 25.0 Å². The van der Waals surface area contributed by atoms with E-state index in [1.807, 2.05) is 0 Å². The molecule has 0 radical (unpaired) electrons. The summed E-state index contributed by atoms with van der Waals surface area (Å²) in [4.78, 5) is 25.7. The molecular weight excluding hydrogens is 612 g/mol. The minimum atomic E-state index is -3.64. The molecule has 11 nitrogen and oxygen atoms in total.